The van der Waals surface area contributed by atoms with E-state index in [1.54, 1.807) is 55.4 Å². The van der Waals surface area contributed by atoms with Crippen molar-refractivity contribution in [3.8, 4) is 0 Å². The number of hydrogen-bond acceptors (Lipinski definition) is 6. The molecule has 0 amide bonds. The summed E-state index contributed by atoms with van der Waals surface area (Å²) in [7, 11) is 0. The molecule has 0 rings (SSSR count). The average Bonchev–Trinajstić information content (AvgIpc) is 2.40. The number of hydrogen-bond donors (Lipinski definition) is 2. The molecule has 0 heterocycles. The second-order valence-corrected chi connectivity index (χ2v) is 6.76. The Morgan fingerprint density at radius 1 is 0.444 bits per heavy atom. The van der Waals surface area contributed by atoms with Crippen LogP contribution in [-0.2, 0) is 21.7 Å². The summed E-state index contributed by atoms with van der Waals surface area (Å²) >= 11 is 0. The molecule has 0 unspecified atom stereocenters. The summed E-state index contributed by atoms with van der Waals surface area (Å²) in [4.78, 5) is 0. The summed E-state index contributed by atoms with van der Waals surface area (Å²) < 4.78 is 0. The van der Waals surface area contributed by atoms with Crippen molar-refractivity contribution in [2.24, 2.45) is 0 Å². The molecular weight excluding hydrogens is 384 g/mol. The first-order valence-corrected chi connectivity index (χ1v) is 9.69. The maximum absolute atomic E-state index is 9.53. The Hall–Kier alpha value is 0.474. The number of rotatable bonds is 7. The largest absolute Gasteiger partial charge is 4.00 e. The summed E-state index contributed by atoms with van der Waals surface area (Å²) in [5, 5.41) is 55.0. The monoisotopic (exact) mass is 430 g/mol. The summed E-state index contributed by atoms with van der Waals surface area (Å²) in [6.07, 6.45) is 4.84. The third kappa shape index (κ3) is 284. The van der Waals surface area contributed by atoms with Crippen molar-refractivity contribution in [3.05, 3.63) is 0 Å². The molecule has 0 spiro atoms. The fraction of sp³-hybridized carbons (Fsp3) is 1.00. The Morgan fingerprint density at radius 2 is 0.556 bits per heavy atom. The van der Waals surface area contributed by atoms with E-state index in [9.17, 15) is 20.4 Å². The Bertz CT molecular complexity index is 148. The van der Waals surface area contributed by atoms with Crippen LogP contribution in [0.4, 0.5) is 0 Å². The van der Waals surface area contributed by atoms with Gasteiger partial charge in [0, 0.05) is 13.2 Å². The van der Waals surface area contributed by atoms with Crippen LogP contribution in [0.5, 0.6) is 0 Å². The van der Waals surface area contributed by atoms with Gasteiger partial charge in [-0.3, -0.25) is 0 Å². The molecule has 0 aromatic carbocycles. The molecule has 2 N–H and O–H groups in total. The van der Waals surface area contributed by atoms with Crippen molar-refractivity contribution in [3.63, 3.8) is 0 Å². The van der Waals surface area contributed by atoms with E-state index in [-0.39, 0.29) is 21.7 Å². The minimum Gasteiger partial charge on any atom is -0.852 e. The first-order chi connectivity index (χ1) is 11.8. The molecule has 0 radical (unpaired) electrons. The Balaban J connectivity index is -0.0000000552. The minimum atomic E-state index is -0.417. The third-order valence-electron chi connectivity index (χ3n) is 1.57. The standard InChI is InChI=1S/C8H18O2.4C3H7O.Ti/c9-7-5-3-1-2-4-6-8-10;4*1-3(2)4;/h9-10H,1-8H2;4*3H,1-2H3;/q;4*-1;+4. The first kappa shape index (κ1) is 41.8. The summed E-state index contributed by atoms with van der Waals surface area (Å²) in [5.41, 5.74) is 0. The number of unbranched alkanes of at least 4 members (excludes halogenated alkanes) is 5. The molecule has 0 atom stereocenters. The Morgan fingerprint density at radius 3 is 0.667 bits per heavy atom. The van der Waals surface area contributed by atoms with Crippen molar-refractivity contribution in [1.82, 2.24) is 0 Å². The van der Waals surface area contributed by atoms with Crippen LogP contribution in [0.25, 0.3) is 0 Å². The van der Waals surface area contributed by atoms with Gasteiger partial charge < -0.3 is 30.6 Å². The van der Waals surface area contributed by atoms with E-state index >= 15 is 0 Å². The van der Waals surface area contributed by atoms with Crippen LogP contribution in [0.3, 0.4) is 0 Å². The van der Waals surface area contributed by atoms with Crippen LogP contribution in [0.1, 0.15) is 93.9 Å². The smallest absolute Gasteiger partial charge is 0.852 e. The molecular formula is C20H46O6Ti. The first-order valence-electron chi connectivity index (χ1n) is 9.69. The molecule has 0 aromatic rings. The second-order valence-electron chi connectivity index (χ2n) is 6.76. The van der Waals surface area contributed by atoms with Crippen LogP contribution in [-0.4, -0.2) is 47.8 Å². The van der Waals surface area contributed by atoms with Gasteiger partial charge in [0.1, 0.15) is 0 Å². The second kappa shape index (κ2) is 41.0. The molecule has 0 saturated heterocycles. The zero-order valence-electron chi connectivity index (χ0n) is 19.0. The molecule has 0 aromatic heterocycles. The molecule has 7 heteroatoms. The van der Waals surface area contributed by atoms with E-state index < -0.39 is 24.4 Å². The van der Waals surface area contributed by atoms with Gasteiger partial charge in [-0.15, -0.1) is 24.4 Å². The van der Waals surface area contributed by atoms with Crippen molar-refractivity contribution < 1.29 is 52.4 Å². The van der Waals surface area contributed by atoms with Crippen LogP contribution in [0.2, 0.25) is 0 Å². The minimum absolute atomic E-state index is 0. The van der Waals surface area contributed by atoms with Gasteiger partial charge in [0.05, 0.1) is 0 Å². The zero-order valence-corrected chi connectivity index (χ0v) is 20.6. The van der Waals surface area contributed by atoms with Gasteiger partial charge in [-0.1, -0.05) is 81.1 Å². The predicted molar refractivity (Wildman–Crippen MR) is 102 cm³/mol. The molecule has 0 aliphatic rings. The topological polar surface area (TPSA) is 133 Å². The SMILES string of the molecule is CC(C)[O-].CC(C)[O-].CC(C)[O-].CC(C)[O-].OCCCCCCCCO.[Ti+4]. The molecule has 6 nitrogen and oxygen atoms in total. The van der Waals surface area contributed by atoms with Gasteiger partial charge in [-0.25, -0.2) is 0 Å². The maximum atomic E-state index is 9.53. The van der Waals surface area contributed by atoms with Crippen molar-refractivity contribution in [2.45, 2.75) is 118 Å². The molecule has 0 aliphatic carbocycles. The molecule has 0 saturated carbocycles. The Labute approximate surface area is 183 Å². The quantitative estimate of drug-likeness (QED) is 0.442. The zero-order chi connectivity index (χ0) is 22.0. The van der Waals surface area contributed by atoms with E-state index in [0.29, 0.717) is 13.2 Å². The van der Waals surface area contributed by atoms with Gasteiger partial charge in [-0.05, 0) is 12.8 Å². The van der Waals surface area contributed by atoms with E-state index in [1.807, 2.05) is 0 Å². The fourth-order valence-corrected chi connectivity index (χ4v) is 0.931. The number of aliphatic hydroxyl groups excluding tert-OH is 2. The van der Waals surface area contributed by atoms with E-state index in [1.165, 1.54) is 12.8 Å². The normalized spacial score (nSPS) is 9.11. The van der Waals surface area contributed by atoms with Crippen LogP contribution in [0.15, 0.2) is 0 Å². The van der Waals surface area contributed by atoms with Gasteiger partial charge in [0.25, 0.3) is 0 Å². The van der Waals surface area contributed by atoms with Crippen molar-refractivity contribution in [1.29, 1.82) is 0 Å². The van der Waals surface area contributed by atoms with Crippen LogP contribution < -0.4 is 20.4 Å². The average molecular weight is 430 g/mol. The molecule has 0 aliphatic heterocycles. The van der Waals surface area contributed by atoms with E-state index in [0.717, 1.165) is 25.7 Å². The van der Waals surface area contributed by atoms with Gasteiger partial charge in [-0.2, -0.15) is 0 Å². The molecule has 0 bridgehead atoms. The summed E-state index contributed by atoms with van der Waals surface area (Å²) in [6, 6.07) is 0. The van der Waals surface area contributed by atoms with Crippen molar-refractivity contribution >= 4 is 0 Å². The molecule has 166 valence electrons. The van der Waals surface area contributed by atoms with E-state index in [4.69, 9.17) is 10.2 Å². The fourth-order valence-electron chi connectivity index (χ4n) is 0.931. The third-order valence-corrected chi connectivity index (χ3v) is 1.57. The number of aliphatic hydroxyl groups is 2. The molecule has 27 heavy (non-hydrogen) atoms. The summed E-state index contributed by atoms with van der Waals surface area (Å²) in [6.45, 7) is 13.5. The van der Waals surface area contributed by atoms with Crippen molar-refractivity contribution in [2.75, 3.05) is 13.2 Å². The van der Waals surface area contributed by atoms with Crippen LogP contribution in [0, 0.1) is 0 Å². The van der Waals surface area contributed by atoms with Crippen LogP contribution >= 0.6 is 0 Å². The predicted octanol–water partition coefficient (Wildman–Crippen LogP) is 0.330. The van der Waals surface area contributed by atoms with Gasteiger partial charge >= 0.3 is 21.7 Å². The molecule has 0 fully saturated rings. The Kier molecular flexibility index (Phi) is 63.4. The summed E-state index contributed by atoms with van der Waals surface area (Å²) in [5.74, 6) is 0. The van der Waals surface area contributed by atoms with Gasteiger partial charge in [0.15, 0.2) is 0 Å². The maximum Gasteiger partial charge on any atom is 4.00 e. The van der Waals surface area contributed by atoms with E-state index in [2.05, 4.69) is 0 Å². The van der Waals surface area contributed by atoms with Gasteiger partial charge in [0.2, 0.25) is 0 Å².